The van der Waals surface area contributed by atoms with Crippen LogP contribution >= 0.6 is 11.8 Å². The quantitative estimate of drug-likeness (QED) is 0.908. The predicted molar refractivity (Wildman–Crippen MR) is 94.8 cm³/mol. The molecular weight excluding hydrogens is 276 g/mol. The number of hydrogen-bond acceptors (Lipinski definition) is 3. The average Bonchev–Trinajstić information content (AvgIpc) is 2.42. The zero-order chi connectivity index (χ0) is 15.5. The van der Waals surface area contributed by atoms with Gasteiger partial charge in [-0.1, -0.05) is 31.2 Å². The van der Waals surface area contributed by atoms with Crippen LogP contribution < -0.4 is 5.32 Å². The molecule has 1 fully saturated rings. The second-order valence-electron chi connectivity index (χ2n) is 7.21. The number of nitrogens with one attached hydrogen (secondary N) is 1. The molecule has 2 atom stereocenters. The number of thioether (sulfide) groups is 1. The molecule has 1 saturated heterocycles. The second kappa shape index (κ2) is 7.17. The Bertz CT molecular complexity index is 436. The summed E-state index contributed by atoms with van der Waals surface area (Å²) in [6.07, 6.45) is 0. The van der Waals surface area contributed by atoms with Gasteiger partial charge in [-0.2, -0.15) is 11.8 Å². The lowest BCUT2D eigenvalue weighted by molar-refractivity contribution is 0.204. The summed E-state index contributed by atoms with van der Waals surface area (Å²) in [6.45, 7) is 14.6. The van der Waals surface area contributed by atoms with Crippen LogP contribution in [0.1, 0.15) is 45.7 Å². The van der Waals surface area contributed by atoms with Gasteiger partial charge < -0.3 is 5.32 Å². The van der Waals surface area contributed by atoms with Crippen molar-refractivity contribution in [3.8, 4) is 0 Å². The van der Waals surface area contributed by atoms with Crippen molar-refractivity contribution in [2.75, 3.05) is 12.3 Å². The molecule has 0 aliphatic carbocycles. The van der Waals surface area contributed by atoms with Crippen molar-refractivity contribution in [2.24, 2.45) is 0 Å². The van der Waals surface area contributed by atoms with Gasteiger partial charge >= 0.3 is 0 Å². The fourth-order valence-electron chi connectivity index (χ4n) is 2.58. The number of nitrogens with zero attached hydrogens (tertiary/aromatic N) is 1. The van der Waals surface area contributed by atoms with Crippen molar-refractivity contribution in [3.05, 3.63) is 35.4 Å². The molecule has 1 N–H and O–H groups in total. The highest BCUT2D eigenvalue weighted by molar-refractivity contribution is 8.00. The van der Waals surface area contributed by atoms with E-state index in [2.05, 4.69) is 80.9 Å². The average molecular weight is 307 g/mol. The molecule has 1 aliphatic rings. The molecule has 0 amide bonds. The summed E-state index contributed by atoms with van der Waals surface area (Å²) in [6, 6.07) is 9.78. The van der Waals surface area contributed by atoms with Crippen molar-refractivity contribution in [3.63, 3.8) is 0 Å². The van der Waals surface area contributed by atoms with Crippen LogP contribution in [0.15, 0.2) is 24.3 Å². The Hall–Kier alpha value is -0.510. The minimum atomic E-state index is 0.176. The van der Waals surface area contributed by atoms with Gasteiger partial charge in [-0.25, -0.2) is 0 Å². The third-order valence-corrected chi connectivity index (χ3v) is 5.58. The Morgan fingerprint density at radius 3 is 2.38 bits per heavy atom. The van der Waals surface area contributed by atoms with Crippen molar-refractivity contribution in [2.45, 2.75) is 64.5 Å². The molecule has 118 valence electrons. The van der Waals surface area contributed by atoms with Crippen LogP contribution in [0.25, 0.3) is 0 Å². The molecule has 0 bridgehead atoms. The highest BCUT2D eigenvalue weighted by Gasteiger charge is 2.24. The molecule has 2 unspecified atom stereocenters. The normalized spacial score (nSPS) is 24.2. The first-order chi connectivity index (χ1) is 9.85. The molecule has 21 heavy (non-hydrogen) atoms. The molecule has 1 aromatic carbocycles. The highest BCUT2D eigenvalue weighted by atomic mass is 32.2. The minimum Gasteiger partial charge on any atom is -0.308 e. The number of benzene rings is 1. The van der Waals surface area contributed by atoms with Crippen molar-refractivity contribution in [1.29, 1.82) is 0 Å². The van der Waals surface area contributed by atoms with Crippen LogP contribution in [0.5, 0.6) is 0 Å². The third kappa shape index (κ3) is 5.32. The molecule has 3 heteroatoms. The lowest BCUT2D eigenvalue weighted by Gasteiger charge is -2.37. The molecule has 2 rings (SSSR count). The lowest BCUT2D eigenvalue weighted by atomic mass is 10.1. The summed E-state index contributed by atoms with van der Waals surface area (Å²) < 4.78 is 0. The molecule has 0 saturated carbocycles. The maximum Gasteiger partial charge on any atom is 0.0237 e. The Balaban J connectivity index is 1.90. The van der Waals surface area contributed by atoms with E-state index in [1.807, 2.05) is 0 Å². The molecule has 0 spiro atoms. The fourth-order valence-corrected chi connectivity index (χ4v) is 3.75. The summed E-state index contributed by atoms with van der Waals surface area (Å²) in [5, 5.41) is 4.28. The van der Waals surface area contributed by atoms with E-state index in [1.54, 1.807) is 0 Å². The van der Waals surface area contributed by atoms with Gasteiger partial charge in [-0.05, 0) is 38.8 Å². The van der Waals surface area contributed by atoms with Crippen molar-refractivity contribution >= 4 is 11.8 Å². The molecule has 0 radical (unpaired) electrons. The molecule has 2 nitrogen and oxygen atoms in total. The van der Waals surface area contributed by atoms with Crippen LogP contribution in [0.2, 0.25) is 0 Å². The van der Waals surface area contributed by atoms with Crippen LogP contribution in [0, 0.1) is 0 Å². The first-order valence-corrected chi connectivity index (χ1v) is 9.08. The molecular formula is C18H30N2S. The van der Waals surface area contributed by atoms with Crippen molar-refractivity contribution in [1.82, 2.24) is 10.2 Å². The molecule has 1 heterocycles. The zero-order valence-electron chi connectivity index (χ0n) is 14.1. The van der Waals surface area contributed by atoms with E-state index >= 15 is 0 Å². The smallest absolute Gasteiger partial charge is 0.0237 e. The molecule has 1 aliphatic heterocycles. The number of rotatable bonds is 4. The number of hydrogen-bond donors (Lipinski definition) is 1. The van der Waals surface area contributed by atoms with E-state index in [9.17, 15) is 0 Å². The maximum atomic E-state index is 3.54. The SMILES string of the molecule is CC1SCCN(Cc2ccc(CNC(C)(C)C)cc2)C1C. The summed E-state index contributed by atoms with van der Waals surface area (Å²) in [5.74, 6) is 1.26. The lowest BCUT2D eigenvalue weighted by Crippen LogP contribution is -2.43. The maximum absolute atomic E-state index is 3.54. The van der Waals surface area contributed by atoms with Gasteiger partial charge in [-0.3, -0.25) is 4.90 Å². The Kier molecular flexibility index (Phi) is 5.75. The Morgan fingerprint density at radius 1 is 1.14 bits per heavy atom. The Morgan fingerprint density at radius 2 is 1.76 bits per heavy atom. The predicted octanol–water partition coefficient (Wildman–Crippen LogP) is 3.90. The topological polar surface area (TPSA) is 15.3 Å². The first kappa shape index (κ1) is 16.9. The van der Waals surface area contributed by atoms with Crippen molar-refractivity contribution < 1.29 is 0 Å². The van der Waals surface area contributed by atoms with E-state index in [4.69, 9.17) is 0 Å². The largest absolute Gasteiger partial charge is 0.308 e. The Labute approximate surface area is 134 Å². The standard InChI is InChI=1S/C18H30N2S/c1-14-15(2)21-11-10-20(14)13-17-8-6-16(7-9-17)12-19-18(3,4)5/h6-9,14-15,19H,10-13H2,1-5H3. The van der Waals surface area contributed by atoms with Gasteiger partial charge in [-0.15, -0.1) is 0 Å². The summed E-state index contributed by atoms with van der Waals surface area (Å²) in [4.78, 5) is 2.61. The van der Waals surface area contributed by atoms with Crippen LogP contribution in [0.4, 0.5) is 0 Å². The minimum absolute atomic E-state index is 0.176. The monoisotopic (exact) mass is 306 g/mol. The molecule has 0 aromatic heterocycles. The van der Waals surface area contributed by atoms with E-state index in [-0.39, 0.29) is 5.54 Å². The van der Waals surface area contributed by atoms with Crippen LogP contribution in [-0.4, -0.2) is 34.0 Å². The van der Waals surface area contributed by atoms with Crippen LogP contribution in [0.3, 0.4) is 0 Å². The van der Waals surface area contributed by atoms with Gasteiger partial charge in [0, 0.05) is 42.2 Å². The van der Waals surface area contributed by atoms with E-state index in [0.717, 1.165) is 18.3 Å². The highest BCUT2D eigenvalue weighted by Crippen LogP contribution is 2.25. The van der Waals surface area contributed by atoms with E-state index in [0.29, 0.717) is 6.04 Å². The van der Waals surface area contributed by atoms with Gasteiger partial charge in [0.2, 0.25) is 0 Å². The van der Waals surface area contributed by atoms with Crippen LogP contribution in [-0.2, 0) is 13.1 Å². The third-order valence-electron chi connectivity index (χ3n) is 4.25. The second-order valence-corrected chi connectivity index (χ2v) is 8.69. The first-order valence-electron chi connectivity index (χ1n) is 8.04. The summed E-state index contributed by atoms with van der Waals surface area (Å²) in [7, 11) is 0. The molecule has 1 aromatic rings. The van der Waals surface area contributed by atoms with Gasteiger partial charge in [0.1, 0.15) is 0 Å². The van der Waals surface area contributed by atoms with Gasteiger partial charge in [0.25, 0.3) is 0 Å². The van der Waals surface area contributed by atoms with Gasteiger partial charge in [0.15, 0.2) is 0 Å². The summed E-state index contributed by atoms with van der Waals surface area (Å²) >= 11 is 2.10. The summed E-state index contributed by atoms with van der Waals surface area (Å²) in [5.41, 5.74) is 2.97. The fraction of sp³-hybridized carbons (Fsp3) is 0.667. The van der Waals surface area contributed by atoms with E-state index in [1.165, 1.54) is 23.4 Å². The van der Waals surface area contributed by atoms with Gasteiger partial charge in [0.05, 0.1) is 0 Å². The zero-order valence-corrected chi connectivity index (χ0v) is 15.0. The van der Waals surface area contributed by atoms with E-state index < -0.39 is 0 Å².